The zero-order valence-electron chi connectivity index (χ0n) is 10.7. The summed E-state index contributed by atoms with van der Waals surface area (Å²) in [5.74, 6) is -0.218. The van der Waals surface area contributed by atoms with Crippen LogP contribution in [0.3, 0.4) is 0 Å². The summed E-state index contributed by atoms with van der Waals surface area (Å²) in [5.41, 5.74) is 3.42. The van der Waals surface area contributed by atoms with Gasteiger partial charge in [-0.15, -0.1) is 0 Å². The second kappa shape index (κ2) is 5.59. The highest BCUT2D eigenvalue weighted by Crippen LogP contribution is 2.36. The van der Waals surface area contributed by atoms with Crippen LogP contribution in [0.25, 0.3) is 22.3 Å². The molecule has 0 aliphatic carbocycles. The molecule has 3 aromatic carbocycles. The van der Waals surface area contributed by atoms with Gasteiger partial charge in [-0.25, -0.2) is 4.39 Å². The lowest BCUT2D eigenvalue weighted by atomic mass is 9.94. The molecular formula is C18H12BrF. The largest absolute Gasteiger partial charge is 0.206 e. The molecule has 0 saturated heterocycles. The van der Waals surface area contributed by atoms with Crippen molar-refractivity contribution in [1.82, 2.24) is 0 Å². The van der Waals surface area contributed by atoms with Gasteiger partial charge < -0.3 is 0 Å². The number of hydrogen-bond donors (Lipinski definition) is 0. The van der Waals surface area contributed by atoms with Crippen molar-refractivity contribution in [3.63, 3.8) is 0 Å². The van der Waals surface area contributed by atoms with Crippen LogP contribution in [0.5, 0.6) is 0 Å². The molecule has 0 unspecified atom stereocenters. The lowest BCUT2D eigenvalue weighted by Gasteiger charge is -2.12. The van der Waals surface area contributed by atoms with Crippen LogP contribution < -0.4 is 0 Å². The van der Waals surface area contributed by atoms with Gasteiger partial charge in [0.1, 0.15) is 5.82 Å². The molecule has 0 aliphatic heterocycles. The van der Waals surface area contributed by atoms with Crippen molar-refractivity contribution in [2.24, 2.45) is 0 Å². The van der Waals surface area contributed by atoms with E-state index in [1.165, 1.54) is 6.07 Å². The zero-order valence-corrected chi connectivity index (χ0v) is 12.3. The van der Waals surface area contributed by atoms with E-state index in [9.17, 15) is 4.39 Å². The summed E-state index contributed by atoms with van der Waals surface area (Å²) >= 11 is 3.38. The Bertz CT molecular complexity index is 721. The summed E-state index contributed by atoms with van der Waals surface area (Å²) in [6.07, 6.45) is 0. The van der Waals surface area contributed by atoms with Gasteiger partial charge >= 0.3 is 0 Å². The first-order valence-corrected chi connectivity index (χ1v) is 7.15. The summed E-state index contributed by atoms with van der Waals surface area (Å²) < 4.78 is 15.2. The number of benzene rings is 3. The second-order valence-corrected chi connectivity index (χ2v) is 5.46. The lowest BCUT2D eigenvalue weighted by Crippen LogP contribution is -1.90. The summed E-state index contributed by atoms with van der Waals surface area (Å²) in [6, 6.07) is 23.0. The Balaban J connectivity index is 2.29. The van der Waals surface area contributed by atoms with Crippen LogP contribution in [0, 0.1) is 5.82 Å². The fourth-order valence-corrected chi connectivity index (χ4v) is 2.75. The van der Waals surface area contributed by atoms with E-state index in [1.54, 1.807) is 0 Å². The minimum Gasteiger partial charge on any atom is -0.206 e. The van der Waals surface area contributed by atoms with Crippen LogP contribution >= 0.6 is 15.9 Å². The summed E-state index contributed by atoms with van der Waals surface area (Å²) in [5, 5.41) is 0. The van der Waals surface area contributed by atoms with Gasteiger partial charge in [-0.3, -0.25) is 0 Å². The predicted molar refractivity (Wildman–Crippen MR) is 85.0 cm³/mol. The van der Waals surface area contributed by atoms with Gasteiger partial charge in [-0.2, -0.15) is 0 Å². The van der Waals surface area contributed by atoms with Gasteiger partial charge in [0.15, 0.2) is 0 Å². The normalized spacial score (nSPS) is 10.5. The number of rotatable bonds is 2. The van der Waals surface area contributed by atoms with Gasteiger partial charge in [0, 0.05) is 10.0 Å². The van der Waals surface area contributed by atoms with Gasteiger partial charge in [0.05, 0.1) is 0 Å². The number of hydrogen-bond acceptors (Lipinski definition) is 0. The smallest absolute Gasteiger partial charge is 0.132 e. The molecule has 0 fully saturated rings. The van der Waals surface area contributed by atoms with Crippen molar-refractivity contribution in [3.05, 3.63) is 83.1 Å². The highest BCUT2D eigenvalue weighted by atomic mass is 79.9. The first kappa shape index (κ1) is 13.1. The molecule has 0 bridgehead atoms. The maximum atomic E-state index is 14.5. The highest BCUT2D eigenvalue weighted by molar-refractivity contribution is 9.10. The van der Waals surface area contributed by atoms with E-state index in [0.29, 0.717) is 5.56 Å². The third-order valence-electron chi connectivity index (χ3n) is 3.20. The lowest BCUT2D eigenvalue weighted by molar-refractivity contribution is 0.631. The summed E-state index contributed by atoms with van der Waals surface area (Å²) in [6.45, 7) is 0. The van der Waals surface area contributed by atoms with E-state index in [4.69, 9.17) is 0 Å². The average Bonchev–Trinajstić information content (AvgIpc) is 2.48. The fraction of sp³-hybridized carbons (Fsp3) is 0. The molecule has 0 atom stereocenters. The standard InChI is InChI=1S/C18H12BrF/c19-15-11-16(13-7-3-1-4-8-13)18(17(20)12-15)14-9-5-2-6-10-14/h1-12H. The topological polar surface area (TPSA) is 0 Å². The zero-order chi connectivity index (χ0) is 13.9. The summed E-state index contributed by atoms with van der Waals surface area (Å²) in [4.78, 5) is 0. The molecule has 0 nitrogen and oxygen atoms in total. The predicted octanol–water partition coefficient (Wildman–Crippen LogP) is 5.92. The van der Waals surface area contributed by atoms with Gasteiger partial charge in [-0.05, 0) is 28.8 Å². The van der Waals surface area contributed by atoms with Crippen molar-refractivity contribution >= 4 is 15.9 Å². The third kappa shape index (κ3) is 2.52. The van der Waals surface area contributed by atoms with E-state index >= 15 is 0 Å². The molecule has 0 aliphatic rings. The molecule has 0 heterocycles. The fourth-order valence-electron chi connectivity index (χ4n) is 2.32. The molecule has 3 rings (SSSR count). The summed E-state index contributed by atoms with van der Waals surface area (Å²) in [7, 11) is 0. The van der Waals surface area contributed by atoms with Crippen molar-refractivity contribution in [2.75, 3.05) is 0 Å². The van der Waals surface area contributed by atoms with Crippen molar-refractivity contribution in [3.8, 4) is 22.3 Å². The molecule has 0 N–H and O–H groups in total. The maximum Gasteiger partial charge on any atom is 0.132 e. The third-order valence-corrected chi connectivity index (χ3v) is 3.66. The Hall–Kier alpha value is -1.93. The molecule has 0 amide bonds. The average molecular weight is 327 g/mol. The van der Waals surface area contributed by atoms with E-state index in [2.05, 4.69) is 15.9 Å². The first-order chi connectivity index (χ1) is 9.75. The van der Waals surface area contributed by atoms with Crippen LogP contribution in [-0.4, -0.2) is 0 Å². The van der Waals surface area contributed by atoms with Crippen molar-refractivity contribution in [2.45, 2.75) is 0 Å². The van der Waals surface area contributed by atoms with Gasteiger partial charge in [0.25, 0.3) is 0 Å². The molecule has 2 heteroatoms. The highest BCUT2D eigenvalue weighted by Gasteiger charge is 2.13. The maximum absolute atomic E-state index is 14.5. The molecule has 3 aromatic rings. The first-order valence-electron chi connectivity index (χ1n) is 6.35. The molecule has 0 radical (unpaired) electrons. The minimum atomic E-state index is -0.218. The second-order valence-electron chi connectivity index (χ2n) is 4.54. The SMILES string of the molecule is Fc1cc(Br)cc(-c2ccccc2)c1-c1ccccc1. The van der Waals surface area contributed by atoms with Crippen molar-refractivity contribution < 1.29 is 4.39 Å². The van der Waals surface area contributed by atoms with Crippen LogP contribution in [0.15, 0.2) is 77.3 Å². The van der Waals surface area contributed by atoms with Crippen LogP contribution in [0.2, 0.25) is 0 Å². The van der Waals surface area contributed by atoms with Crippen molar-refractivity contribution in [1.29, 1.82) is 0 Å². The molecule has 20 heavy (non-hydrogen) atoms. The Morgan fingerprint density at radius 1 is 0.700 bits per heavy atom. The molecule has 98 valence electrons. The Kier molecular flexibility index (Phi) is 3.66. The van der Waals surface area contributed by atoms with Gasteiger partial charge in [-0.1, -0.05) is 76.6 Å². The molecular weight excluding hydrogens is 315 g/mol. The molecule has 0 saturated carbocycles. The Morgan fingerprint density at radius 3 is 1.85 bits per heavy atom. The quantitative estimate of drug-likeness (QED) is 0.548. The minimum absolute atomic E-state index is 0.218. The number of halogens is 2. The molecule has 0 aromatic heterocycles. The van der Waals surface area contributed by atoms with E-state index in [0.717, 1.165) is 21.2 Å². The van der Waals surface area contributed by atoms with Crippen LogP contribution in [0.4, 0.5) is 4.39 Å². The van der Waals surface area contributed by atoms with Crippen LogP contribution in [0.1, 0.15) is 0 Å². The van der Waals surface area contributed by atoms with Crippen LogP contribution in [-0.2, 0) is 0 Å². The Morgan fingerprint density at radius 2 is 1.25 bits per heavy atom. The van der Waals surface area contributed by atoms with E-state index < -0.39 is 0 Å². The van der Waals surface area contributed by atoms with Gasteiger partial charge in [0.2, 0.25) is 0 Å². The van der Waals surface area contributed by atoms with E-state index in [-0.39, 0.29) is 5.82 Å². The molecule has 0 spiro atoms. The Labute approximate surface area is 126 Å². The monoisotopic (exact) mass is 326 g/mol. The van der Waals surface area contributed by atoms with E-state index in [1.807, 2.05) is 66.7 Å².